The summed E-state index contributed by atoms with van der Waals surface area (Å²) in [5.41, 5.74) is 0.643. The van der Waals surface area contributed by atoms with Gasteiger partial charge in [0, 0.05) is 35.7 Å². The van der Waals surface area contributed by atoms with Crippen LogP contribution in [0, 0.1) is 0 Å². The molecule has 1 fully saturated rings. The molecule has 4 rings (SSSR count). The van der Waals surface area contributed by atoms with Crippen molar-refractivity contribution in [1.29, 1.82) is 0 Å². The summed E-state index contributed by atoms with van der Waals surface area (Å²) in [6.07, 6.45) is -2.86. The fourth-order valence-corrected chi connectivity index (χ4v) is 4.85. The van der Waals surface area contributed by atoms with Gasteiger partial charge in [0.05, 0.1) is 11.2 Å². The lowest BCUT2D eigenvalue weighted by Crippen LogP contribution is -2.47. The second-order valence-electron chi connectivity index (χ2n) is 8.45. The topological polar surface area (TPSA) is 52.6 Å². The number of anilines is 1. The van der Waals surface area contributed by atoms with Crippen molar-refractivity contribution in [3.63, 3.8) is 0 Å². The zero-order valence-electron chi connectivity index (χ0n) is 18.4. The summed E-state index contributed by atoms with van der Waals surface area (Å²) in [6.45, 7) is 0.929. The molecule has 0 aromatic heterocycles. The monoisotopic (exact) mass is 486 g/mol. The van der Waals surface area contributed by atoms with Crippen LogP contribution < -0.4 is 4.72 Å². The van der Waals surface area contributed by atoms with Crippen LogP contribution in [0.3, 0.4) is 0 Å². The van der Waals surface area contributed by atoms with Crippen LogP contribution in [-0.4, -0.2) is 34.6 Å². The molecule has 4 nitrogen and oxygen atoms in total. The third-order valence-corrected chi connectivity index (χ3v) is 6.87. The Kier molecular flexibility index (Phi) is 7.19. The molecule has 3 aromatic carbocycles. The van der Waals surface area contributed by atoms with E-state index < -0.39 is 17.3 Å². The number of hydrogen-bond acceptors (Lipinski definition) is 4. The van der Waals surface area contributed by atoms with Gasteiger partial charge >= 0.3 is 6.18 Å². The number of hydrogen-bond donors (Lipinski definition) is 2. The maximum Gasteiger partial charge on any atom is 0.417 e. The van der Waals surface area contributed by atoms with E-state index in [-0.39, 0.29) is 10.8 Å². The van der Waals surface area contributed by atoms with Gasteiger partial charge in [-0.15, -0.1) is 0 Å². The van der Waals surface area contributed by atoms with E-state index in [1.165, 1.54) is 12.1 Å². The Morgan fingerprint density at radius 3 is 2.21 bits per heavy atom. The highest BCUT2D eigenvalue weighted by Gasteiger charge is 2.35. The molecule has 1 aliphatic heterocycles. The minimum Gasteiger partial charge on any atom is -0.389 e. The maximum atomic E-state index is 13.2. The average molecular weight is 487 g/mol. The molecule has 8 heteroatoms. The molecular weight excluding hydrogens is 461 g/mol. The first kappa shape index (κ1) is 24.2. The molecule has 0 aliphatic carbocycles. The van der Waals surface area contributed by atoms with Crippen molar-refractivity contribution >= 4 is 23.5 Å². The van der Waals surface area contributed by atoms with Crippen LogP contribution in [0.1, 0.15) is 34.3 Å². The normalized spacial score (nSPS) is 15.7. The molecule has 0 unspecified atom stereocenters. The van der Waals surface area contributed by atoms with E-state index in [9.17, 15) is 23.1 Å². The Morgan fingerprint density at radius 1 is 0.941 bits per heavy atom. The van der Waals surface area contributed by atoms with E-state index >= 15 is 0 Å². The molecule has 3 aromatic rings. The van der Waals surface area contributed by atoms with Gasteiger partial charge in [-0.05, 0) is 66.8 Å². The predicted octanol–water partition coefficient (Wildman–Crippen LogP) is 6.03. The molecule has 0 radical (unpaired) electrons. The van der Waals surface area contributed by atoms with E-state index in [4.69, 9.17) is 0 Å². The van der Waals surface area contributed by atoms with Gasteiger partial charge in [0.1, 0.15) is 0 Å². The summed E-state index contributed by atoms with van der Waals surface area (Å²) in [5.74, 6) is -0.122. The first-order valence-corrected chi connectivity index (χ1v) is 11.8. The van der Waals surface area contributed by atoms with Crippen molar-refractivity contribution in [2.45, 2.75) is 35.9 Å². The van der Waals surface area contributed by atoms with Gasteiger partial charge < -0.3 is 14.7 Å². The molecule has 178 valence electrons. The molecule has 1 aliphatic rings. The first-order chi connectivity index (χ1) is 16.2. The van der Waals surface area contributed by atoms with Crippen LogP contribution in [0.5, 0.6) is 0 Å². The fraction of sp³-hybridized carbons (Fsp3) is 0.269. The molecular formula is C26H25F3N2O2S. The summed E-state index contributed by atoms with van der Waals surface area (Å²) in [5, 5.41) is 10.9. The molecule has 0 bridgehead atoms. The Balaban J connectivity index is 1.33. The highest BCUT2D eigenvalue weighted by molar-refractivity contribution is 8.00. The van der Waals surface area contributed by atoms with Gasteiger partial charge in [0.2, 0.25) is 0 Å². The lowest BCUT2D eigenvalue weighted by molar-refractivity contribution is -0.139. The predicted molar refractivity (Wildman–Crippen MR) is 128 cm³/mol. The van der Waals surface area contributed by atoms with Crippen molar-refractivity contribution in [1.82, 2.24) is 4.90 Å². The summed E-state index contributed by atoms with van der Waals surface area (Å²) < 4.78 is 42.4. The Morgan fingerprint density at radius 2 is 1.56 bits per heavy atom. The standard InChI is InChI=1S/C26H25F3N2O2S/c27-26(28,29)22-8-4-5-9-23(22)34-30-21-12-10-20(11-13-21)24(32)31-16-14-25(33,15-17-31)18-19-6-2-1-3-7-19/h1-13,30,33H,14-18H2. The Bertz CT molecular complexity index is 1110. The molecule has 0 saturated carbocycles. The van der Waals surface area contributed by atoms with Gasteiger partial charge in [-0.3, -0.25) is 4.79 Å². The van der Waals surface area contributed by atoms with Crippen LogP contribution in [0.2, 0.25) is 0 Å². The van der Waals surface area contributed by atoms with Gasteiger partial charge in [0.25, 0.3) is 5.91 Å². The van der Waals surface area contributed by atoms with Crippen molar-refractivity contribution in [2.75, 3.05) is 17.8 Å². The van der Waals surface area contributed by atoms with Crippen LogP contribution in [0.4, 0.5) is 18.9 Å². The minimum atomic E-state index is -4.43. The molecule has 0 atom stereocenters. The first-order valence-electron chi connectivity index (χ1n) is 11.0. The Hall–Kier alpha value is -2.97. The summed E-state index contributed by atoms with van der Waals surface area (Å²) in [7, 11) is 0. The van der Waals surface area contributed by atoms with Crippen LogP contribution in [0.25, 0.3) is 0 Å². The number of halogens is 3. The zero-order chi connectivity index (χ0) is 24.2. The van der Waals surface area contributed by atoms with Crippen molar-refractivity contribution in [2.24, 2.45) is 0 Å². The summed E-state index contributed by atoms with van der Waals surface area (Å²) >= 11 is 0.877. The van der Waals surface area contributed by atoms with Gasteiger partial charge in [0.15, 0.2) is 0 Å². The molecule has 1 saturated heterocycles. The lowest BCUT2D eigenvalue weighted by atomic mass is 9.85. The van der Waals surface area contributed by atoms with E-state index in [0.29, 0.717) is 43.6 Å². The number of likely N-dealkylation sites (tertiary alicyclic amines) is 1. The zero-order valence-corrected chi connectivity index (χ0v) is 19.2. The van der Waals surface area contributed by atoms with E-state index in [0.717, 1.165) is 23.6 Å². The second kappa shape index (κ2) is 10.1. The lowest BCUT2D eigenvalue weighted by Gasteiger charge is -2.38. The second-order valence-corrected chi connectivity index (χ2v) is 9.30. The van der Waals surface area contributed by atoms with Crippen LogP contribution in [0.15, 0.2) is 83.8 Å². The number of amides is 1. The fourth-order valence-electron chi connectivity index (χ4n) is 4.05. The van der Waals surface area contributed by atoms with Crippen molar-refractivity contribution in [3.8, 4) is 0 Å². The van der Waals surface area contributed by atoms with E-state index in [1.54, 1.807) is 35.2 Å². The van der Waals surface area contributed by atoms with Crippen LogP contribution >= 0.6 is 11.9 Å². The molecule has 2 N–H and O–H groups in total. The number of rotatable bonds is 6. The SMILES string of the molecule is O=C(c1ccc(NSc2ccccc2C(F)(F)F)cc1)N1CCC(O)(Cc2ccccc2)CC1. The highest BCUT2D eigenvalue weighted by Crippen LogP contribution is 2.36. The average Bonchev–Trinajstić information content (AvgIpc) is 2.83. The number of nitrogens with one attached hydrogen (secondary N) is 1. The number of benzene rings is 3. The summed E-state index contributed by atoms with van der Waals surface area (Å²) in [6, 6.07) is 21.9. The molecule has 0 spiro atoms. The van der Waals surface area contributed by atoms with Gasteiger partial charge in [-0.25, -0.2) is 0 Å². The number of nitrogens with zero attached hydrogens (tertiary/aromatic N) is 1. The van der Waals surface area contributed by atoms with Crippen molar-refractivity contribution in [3.05, 3.63) is 95.6 Å². The number of piperidine rings is 1. The van der Waals surface area contributed by atoms with E-state index in [2.05, 4.69) is 4.72 Å². The molecule has 1 amide bonds. The maximum absolute atomic E-state index is 13.2. The number of carbonyl (C=O) groups is 1. The van der Waals surface area contributed by atoms with Gasteiger partial charge in [-0.1, -0.05) is 42.5 Å². The van der Waals surface area contributed by atoms with Crippen molar-refractivity contribution < 1.29 is 23.1 Å². The van der Waals surface area contributed by atoms with E-state index in [1.807, 2.05) is 30.3 Å². The minimum absolute atomic E-state index is 0.0754. The Labute approximate surface area is 200 Å². The third-order valence-electron chi connectivity index (χ3n) is 5.96. The number of alkyl halides is 3. The molecule has 34 heavy (non-hydrogen) atoms. The number of aliphatic hydroxyl groups is 1. The summed E-state index contributed by atoms with van der Waals surface area (Å²) in [4.78, 5) is 14.7. The van der Waals surface area contributed by atoms with Crippen LogP contribution in [-0.2, 0) is 12.6 Å². The highest BCUT2D eigenvalue weighted by atomic mass is 32.2. The smallest absolute Gasteiger partial charge is 0.389 e. The van der Waals surface area contributed by atoms with Gasteiger partial charge in [-0.2, -0.15) is 13.2 Å². The quantitative estimate of drug-likeness (QED) is 0.418. The number of carbonyl (C=O) groups excluding carboxylic acids is 1. The largest absolute Gasteiger partial charge is 0.417 e. The third kappa shape index (κ3) is 5.93. The molecule has 1 heterocycles.